The Bertz CT molecular complexity index is 586. The van der Waals surface area contributed by atoms with Gasteiger partial charge in [-0.2, -0.15) is 0 Å². The van der Waals surface area contributed by atoms with Gasteiger partial charge in [0.25, 0.3) is 0 Å². The fraction of sp³-hybridized carbons (Fsp3) is 0.571. The molecule has 0 aliphatic carbocycles. The predicted octanol–water partition coefficient (Wildman–Crippen LogP) is 6.05. The summed E-state index contributed by atoms with van der Waals surface area (Å²) in [6.45, 7) is 6.93. The fourth-order valence-electron chi connectivity index (χ4n) is 4.58. The van der Waals surface area contributed by atoms with Gasteiger partial charge in [0.15, 0.2) is 0 Å². The van der Waals surface area contributed by atoms with Crippen LogP contribution in [0, 0.1) is 0 Å². The predicted molar refractivity (Wildman–Crippen MR) is 131 cm³/mol. The third-order valence-corrected chi connectivity index (χ3v) is 6.43. The van der Waals surface area contributed by atoms with Crippen molar-refractivity contribution in [3.63, 3.8) is 0 Å². The van der Waals surface area contributed by atoms with Gasteiger partial charge < -0.3 is 12.4 Å². The lowest BCUT2D eigenvalue weighted by Crippen LogP contribution is -3.00. The van der Waals surface area contributed by atoms with Crippen LogP contribution >= 0.6 is 0 Å². The van der Waals surface area contributed by atoms with Crippen molar-refractivity contribution in [3.8, 4) is 0 Å². The smallest absolute Gasteiger partial charge is 0.137 e. The van der Waals surface area contributed by atoms with E-state index in [4.69, 9.17) is 0 Å². The van der Waals surface area contributed by atoms with Crippen molar-refractivity contribution < 1.29 is 12.4 Å². The van der Waals surface area contributed by atoms with Gasteiger partial charge in [-0.3, -0.25) is 4.48 Å². The van der Waals surface area contributed by atoms with Crippen molar-refractivity contribution in [1.82, 2.24) is 4.48 Å². The van der Waals surface area contributed by atoms with Crippen LogP contribution < -0.4 is 16.9 Å². The standard InChI is InChI=1S/C28H44N.ClH/c1-3-5-6-7-8-9-10-11-12-13-14-21-26-29(4-2,27-22-17-15-18-23-27)28-24-19-16-20-25-28;/h15-20,22-25H,3-14,21,26H2,1-2H3;1H/q+1;/p-1. The monoisotopic (exact) mass is 429 g/mol. The molecule has 0 aromatic heterocycles. The molecule has 0 amide bonds. The molecule has 0 aliphatic rings. The van der Waals surface area contributed by atoms with Crippen molar-refractivity contribution in [1.29, 1.82) is 0 Å². The summed E-state index contributed by atoms with van der Waals surface area (Å²) >= 11 is 0. The molecule has 0 bridgehead atoms. The van der Waals surface area contributed by atoms with Crippen LogP contribution in [0.4, 0.5) is 11.4 Å². The molecule has 0 saturated carbocycles. The summed E-state index contributed by atoms with van der Waals surface area (Å²) in [5.41, 5.74) is 2.84. The number of unbranched alkanes of at least 4 members (excludes halogenated alkanes) is 11. The number of benzene rings is 2. The van der Waals surface area contributed by atoms with Gasteiger partial charge in [0.05, 0.1) is 13.1 Å². The van der Waals surface area contributed by atoms with Gasteiger partial charge in [0, 0.05) is 0 Å². The maximum atomic E-state index is 2.33. The zero-order valence-electron chi connectivity index (χ0n) is 19.5. The van der Waals surface area contributed by atoms with E-state index in [9.17, 15) is 0 Å². The van der Waals surface area contributed by atoms with E-state index in [1.807, 2.05) is 0 Å². The van der Waals surface area contributed by atoms with E-state index in [2.05, 4.69) is 74.5 Å². The molecule has 1 nitrogen and oxygen atoms in total. The first-order chi connectivity index (χ1) is 14.3. The quantitative estimate of drug-likeness (QED) is 0.225. The zero-order chi connectivity index (χ0) is 20.6. The Morgan fingerprint density at radius 3 is 1.23 bits per heavy atom. The van der Waals surface area contributed by atoms with Crippen LogP contribution in [0.2, 0.25) is 0 Å². The number of rotatable bonds is 16. The lowest BCUT2D eigenvalue weighted by molar-refractivity contribution is -0.00000614. The van der Waals surface area contributed by atoms with E-state index >= 15 is 0 Å². The average molecular weight is 430 g/mol. The molecule has 2 aromatic rings. The summed E-state index contributed by atoms with van der Waals surface area (Å²) in [5.74, 6) is 0. The van der Waals surface area contributed by atoms with Crippen LogP contribution in [0.25, 0.3) is 0 Å². The minimum absolute atomic E-state index is 0. The van der Waals surface area contributed by atoms with E-state index in [0.717, 1.165) is 11.0 Å². The Balaban J connectivity index is 0.00000450. The highest BCUT2D eigenvalue weighted by molar-refractivity contribution is 5.58. The van der Waals surface area contributed by atoms with Crippen LogP contribution in [-0.2, 0) is 0 Å². The molecular formula is C28H44ClN. The number of hydrogen-bond acceptors (Lipinski definition) is 0. The van der Waals surface area contributed by atoms with Gasteiger partial charge in [-0.1, -0.05) is 108 Å². The molecule has 168 valence electrons. The Labute approximate surface area is 192 Å². The normalized spacial score (nSPS) is 11.3. The second-order valence-corrected chi connectivity index (χ2v) is 8.57. The zero-order valence-corrected chi connectivity index (χ0v) is 20.3. The van der Waals surface area contributed by atoms with E-state index in [1.165, 1.54) is 95.0 Å². The molecule has 0 radical (unpaired) electrons. The summed E-state index contributed by atoms with van der Waals surface area (Å²) in [6, 6.07) is 22.2. The van der Waals surface area contributed by atoms with Crippen molar-refractivity contribution in [3.05, 3.63) is 60.7 Å². The Kier molecular flexibility index (Phi) is 14.6. The van der Waals surface area contributed by atoms with Gasteiger partial charge in [-0.05, 0) is 44.0 Å². The van der Waals surface area contributed by atoms with E-state index < -0.39 is 0 Å². The summed E-state index contributed by atoms with van der Waals surface area (Å²) in [4.78, 5) is 0. The molecule has 0 fully saturated rings. The summed E-state index contributed by atoms with van der Waals surface area (Å²) < 4.78 is 0.972. The van der Waals surface area contributed by atoms with Crippen LogP contribution in [0.3, 0.4) is 0 Å². The number of para-hydroxylation sites is 2. The second kappa shape index (κ2) is 16.4. The van der Waals surface area contributed by atoms with Crippen molar-refractivity contribution in [2.75, 3.05) is 13.1 Å². The fourth-order valence-corrected chi connectivity index (χ4v) is 4.58. The minimum Gasteiger partial charge on any atom is -1.00 e. The van der Waals surface area contributed by atoms with Gasteiger partial charge >= 0.3 is 0 Å². The van der Waals surface area contributed by atoms with E-state index in [1.54, 1.807) is 0 Å². The largest absolute Gasteiger partial charge is 1.00 e. The molecule has 2 rings (SSSR count). The number of hydrogen-bond donors (Lipinski definition) is 0. The van der Waals surface area contributed by atoms with Gasteiger partial charge in [-0.15, -0.1) is 0 Å². The van der Waals surface area contributed by atoms with Gasteiger partial charge in [0.1, 0.15) is 11.4 Å². The van der Waals surface area contributed by atoms with Crippen molar-refractivity contribution in [2.24, 2.45) is 0 Å². The van der Waals surface area contributed by atoms with Gasteiger partial charge in [0.2, 0.25) is 0 Å². The molecule has 0 heterocycles. The minimum atomic E-state index is 0. The molecule has 0 spiro atoms. The molecule has 0 atom stereocenters. The third-order valence-electron chi connectivity index (χ3n) is 6.43. The van der Waals surface area contributed by atoms with Crippen LogP contribution in [0.15, 0.2) is 60.7 Å². The van der Waals surface area contributed by atoms with Crippen molar-refractivity contribution in [2.45, 2.75) is 90.9 Å². The third kappa shape index (κ3) is 8.82. The number of halogens is 1. The molecule has 0 N–H and O–H groups in total. The molecule has 2 heteroatoms. The Hall–Kier alpha value is -1.31. The Morgan fingerprint density at radius 2 is 0.867 bits per heavy atom. The first-order valence-corrected chi connectivity index (χ1v) is 12.3. The van der Waals surface area contributed by atoms with Crippen molar-refractivity contribution >= 4 is 11.4 Å². The highest BCUT2D eigenvalue weighted by Gasteiger charge is 2.30. The summed E-state index contributed by atoms with van der Waals surface area (Å²) in [6.07, 6.45) is 16.9. The first kappa shape index (κ1) is 26.7. The molecule has 30 heavy (non-hydrogen) atoms. The molecule has 0 aliphatic heterocycles. The SMILES string of the molecule is CCCCCCCCCCCCCC[N+](CC)(c1ccccc1)c1ccccc1.[Cl-]. The lowest BCUT2D eigenvalue weighted by Gasteiger charge is -2.37. The van der Waals surface area contributed by atoms with Gasteiger partial charge in [-0.25, -0.2) is 0 Å². The summed E-state index contributed by atoms with van der Waals surface area (Å²) in [5, 5.41) is 0. The molecular weight excluding hydrogens is 386 g/mol. The lowest BCUT2D eigenvalue weighted by atomic mass is 10.0. The average Bonchev–Trinajstić information content (AvgIpc) is 2.78. The van der Waals surface area contributed by atoms with E-state index in [-0.39, 0.29) is 12.4 Å². The second-order valence-electron chi connectivity index (χ2n) is 8.57. The number of quaternary nitrogens is 1. The maximum absolute atomic E-state index is 2.33. The maximum Gasteiger partial charge on any atom is 0.137 e. The van der Waals surface area contributed by atoms with E-state index in [0.29, 0.717) is 0 Å². The molecule has 0 unspecified atom stereocenters. The Morgan fingerprint density at radius 1 is 0.500 bits per heavy atom. The molecule has 2 aromatic carbocycles. The van der Waals surface area contributed by atoms with Crippen LogP contribution in [-0.4, -0.2) is 13.1 Å². The first-order valence-electron chi connectivity index (χ1n) is 12.3. The summed E-state index contributed by atoms with van der Waals surface area (Å²) in [7, 11) is 0. The highest BCUT2D eigenvalue weighted by atomic mass is 35.5. The number of nitrogens with zero attached hydrogens (tertiary/aromatic N) is 1. The molecule has 0 saturated heterocycles. The van der Waals surface area contributed by atoms with Crippen LogP contribution in [0.5, 0.6) is 0 Å². The topological polar surface area (TPSA) is 0 Å². The highest BCUT2D eigenvalue weighted by Crippen LogP contribution is 2.34. The van der Waals surface area contributed by atoms with Crippen LogP contribution in [0.1, 0.15) is 90.9 Å².